The molecule has 0 saturated carbocycles. The average molecular weight is 421 g/mol. The predicted octanol–water partition coefficient (Wildman–Crippen LogP) is 5.46. The highest BCUT2D eigenvalue weighted by Gasteiger charge is 2.03. The molecule has 0 aromatic heterocycles. The van der Waals surface area contributed by atoms with Crippen molar-refractivity contribution >= 4 is 43.5 Å². The molecule has 2 aromatic rings. The molecule has 0 bridgehead atoms. The fraction of sp³-hybridized carbons (Fsp3) is 0.200. The highest BCUT2D eigenvalue weighted by atomic mass is 79.9. The van der Waals surface area contributed by atoms with Crippen LogP contribution in [-0.2, 0) is 5.33 Å². The van der Waals surface area contributed by atoms with Crippen LogP contribution >= 0.6 is 43.5 Å². The van der Waals surface area contributed by atoms with Gasteiger partial charge >= 0.3 is 0 Å². The molecule has 0 saturated heterocycles. The summed E-state index contributed by atoms with van der Waals surface area (Å²) in [4.78, 5) is 0. The van der Waals surface area contributed by atoms with Crippen LogP contribution in [0.25, 0.3) is 0 Å². The molecule has 2 aromatic carbocycles. The molecule has 0 atom stereocenters. The molecular weight excluding hydrogens is 407 g/mol. The Bertz CT molecular complexity index is 576. The summed E-state index contributed by atoms with van der Waals surface area (Å²) in [5, 5.41) is 1.39. The first-order valence-corrected chi connectivity index (χ1v) is 8.34. The Hall–Kier alpha value is -0.710. The summed E-state index contributed by atoms with van der Waals surface area (Å²) in [6, 6.07) is 13.4. The van der Waals surface area contributed by atoms with Gasteiger partial charge in [0.05, 0.1) is 5.02 Å². The fourth-order valence-corrected chi connectivity index (χ4v) is 2.60. The number of alkyl halides is 1. The van der Waals surface area contributed by atoms with Gasteiger partial charge in [-0.15, -0.1) is 0 Å². The van der Waals surface area contributed by atoms with E-state index in [9.17, 15) is 0 Å². The van der Waals surface area contributed by atoms with Crippen LogP contribution in [0.4, 0.5) is 0 Å². The molecule has 0 aliphatic heterocycles. The van der Waals surface area contributed by atoms with E-state index in [1.165, 1.54) is 0 Å². The highest BCUT2D eigenvalue weighted by Crippen LogP contribution is 2.26. The maximum Gasteiger partial charge on any atom is 0.138 e. The lowest BCUT2D eigenvalue weighted by Gasteiger charge is -2.10. The van der Waals surface area contributed by atoms with E-state index in [1.54, 1.807) is 0 Å². The fourth-order valence-electron chi connectivity index (χ4n) is 1.61. The molecule has 0 heterocycles. The van der Waals surface area contributed by atoms with Crippen molar-refractivity contribution in [2.24, 2.45) is 0 Å². The summed E-state index contributed by atoms with van der Waals surface area (Å²) in [7, 11) is 0. The van der Waals surface area contributed by atoms with Gasteiger partial charge in [0, 0.05) is 9.80 Å². The van der Waals surface area contributed by atoms with Crippen molar-refractivity contribution in [2.75, 3.05) is 13.2 Å². The summed E-state index contributed by atoms with van der Waals surface area (Å²) >= 11 is 12.9. The maximum absolute atomic E-state index is 6.13. The predicted molar refractivity (Wildman–Crippen MR) is 89.2 cm³/mol. The van der Waals surface area contributed by atoms with Gasteiger partial charge < -0.3 is 9.47 Å². The van der Waals surface area contributed by atoms with Gasteiger partial charge in [0.25, 0.3) is 0 Å². The Morgan fingerprint density at radius 2 is 1.80 bits per heavy atom. The van der Waals surface area contributed by atoms with E-state index in [2.05, 4.69) is 31.9 Å². The second-order valence-corrected chi connectivity index (χ2v) is 5.94. The molecule has 106 valence electrons. The maximum atomic E-state index is 6.13. The topological polar surface area (TPSA) is 18.5 Å². The standard InChI is InChI=1S/C15H13Br2ClO2/c16-10-11-4-5-15(14(18)8-11)20-7-6-19-13-3-1-2-12(17)9-13/h1-5,8-9H,6-7,10H2. The van der Waals surface area contributed by atoms with Crippen LogP contribution in [0.15, 0.2) is 46.9 Å². The number of hydrogen-bond acceptors (Lipinski definition) is 2. The van der Waals surface area contributed by atoms with Gasteiger partial charge in [0.1, 0.15) is 24.7 Å². The zero-order chi connectivity index (χ0) is 14.4. The smallest absolute Gasteiger partial charge is 0.138 e. The minimum Gasteiger partial charge on any atom is -0.490 e. The van der Waals surface area contributed by atoms with E-state index in [0.717, 1.165) is 21.1 Å². The normalized spacial score (nSPS) is 10.3. The lowest BCUT2D eigenvalue weighted by atomic mass is 10.2. The molecule has 2 nitrogen and oxygen atoms in total. The molecule has 0 N–H and O–H groups in total. The second-order valence-electron chi connectivity index (χ2n) is 4.05. The van der Waals surface area contributed by atoms with Gasteiger partial charge in [-0.2, -0.15) is 0 Å². The quantitative estimate of drug-likeness (QED) is 0.457. The Morgan fingerprint density at radius 1 is 1.00 bits per heavy atom. The van der Waals surface area contributed by atoms with Crippen LogP contribution in [0, 0.1) is 0 Å². The molecular formula is C15H13Br2ClO2. The SMILES string of the molecule is Clc1cc(CBr)ccc1OCCOc1cccc(Br)c1. The molecule has 0 aliphatic rings. The lowest BCUT2D eigenvalue weighted by molar-refractivity contribution is 0.217. The van der Waals surface area contributed by atoms with Crippen molar-refractivity contribution in [1.29, 1.82) is 0 Å². The summed E-state index contributed by atoms with van der Waals surface area (Å²) in [5.41, 5.74) is 1.12. The van der Waals surface area contributed by atoms with Gasteiger partial charge in [0.2, 0.25) is 0 Å². The largest absolute Gasteiger partial charge is 0.490 e. The van der Waals surface area contributed by atoms with Crippen molar-refractivity contribution < 1.29 is 9.47 Å². The number of rotatable bonds is 6. The second kappa shape index (κ2) is 7.91. The van der Waals surface area contributed by atoms with E-state index < -0.39 is 0 Å². The van der Waals surface area contributed by atoms with Crippen LogP contribution in [-0.4, -0.2) is 13.2 Å². The molecule has 0 fully saturated rings. The first-order valence-electron chi connectivity index (χ1n) is 6.04. The Morgan fingerprint density at radius 3 is 2.50 bits per heavy atom. The van der Waals surface area contributed by atoms with Gasteiger partial charge in [0.15, 0.2) is 0 Å². The van der Waals surface area contributed by atoms with Crippen molar-refractivity contribution in [3.63, 3.8) is 0 Å². The molecule has 0 radical (unpaired) electrons. The van der Waals surface area contributed by atoms with E-state index in [0.29, 0.717) is 24.0 Å². The molecule has 0 unspecified atom stereocenters. The Kier molecular flexibility index (Phi) is 6.20. The van der Waals surface area contributed by atoms with Gasteiger partial charge in [-0.05, 0) is 35.9 Å². The van der Waals surface area contributed by atoms with E-state index in [4.69, 9.17) is 21.1 Å². The molecule has 5 heteroatoms. The van der Waals surface area contributed by atoms with Gasteiger partial charge in [-0.3, -0.25) is 0 Å². The minimum atomic E-state index is 0.444. The van der Waals surface area contributed by atoms with Crippen molar-refractivity contribution in [3.05, 3.63) is 57.5 Å². The third-order valence-electron chi connectivity index (χ3n) is 2.56. The lowest BCUT2D eigenvalue weighted by Crippen LogP contribution is -2.09. The Labute approximate surface area is 140 Å². The first-order chi connectivity index (χ1) is 9.69. The molecule has 0 amide bonds. The van der Waals surface area contributed by atoms with Gasteiger partial charge in [-0.25, -0.2) is 0 Å². The number of hydrogen-bond donors (Lipinski definition) is 0. The number of ether oxygens (including phenoxy) is 2. The van der Waals surface area contributed by atoms with Crippen LogP contribution < -0.4 is 9.47 Å². The van der Waals surface area contributed by atoms with Crippen LogP contribution in [0.5, 0.6) is 11.5 Å². The molecule has 0 aliphatic carbocycles. The van der Waals surface area contributed by atoms with Crippen molar-refractivity contribution in [1.82, 2.24) is 0 Å². The number of halogens is 3. The van der Waals surface area contributed by atoms with Crippen LogP contribution in [0.2, 0.25) is 5.02 Å². The highest BCUT2D eigenvalue weighted by molar-refractivity contribution is 9.10. The van der Waals surface area contributed by atoms with Gasteiger partial charge in [-0.1, -0.05) is 55.6 Å². The summed E-state index contributed by atoms with van der Waals surface area (Å²) in [5.74, 6) is 1.48. The van der Waals surface area contributed by atoms with E-state index >= 15 is 0 Å². The third-order valence-corrected chi connectivity index (χ3v) is 3.99. The third kappa shape index (κ3) is 4.69. The van der Waals surface area contributed by atoms with Crippen LogP contribution in [0.1, 0.15) is 5.56 Å². The van der Waals surface area contributed by atoms with Crippen molar-refractivity contribution in [3.8, 4) is 11.5 Å². The summed E-state index contributed by atoms with van der Waals surface area (Å²) in [6.07, 6.45) is 0. The zero-order valence-corrected chi connectivity index (χ0v) is 14.5. The summed E-state index contributed by atoms with van der Waals surface area (Å²) < 4.78 is 12.2. The monoisotopic (exact) mass is 418 g/mol. The van der Waals surface area contributed by atoms with E-state index in [1.807, 2.05) is 42.5 Å². The molecule has 2 rings (SSSR count). The molecule has 0 spiro atoms. The van der Waals surface area contributed by atoms with Crippen molar-refractivity contribution in [2.45, 2.75) is 5.33 Å². The first kappa shape index (κ1) is 15.7. The summed E-state index contributed by atoms with van der Waals surface area (Å²) in [6.45, 7) is 0.910. The zero-order valence-electron chi connectivity index (χ0n) is 10.6. The Balaban J connectivity index is 1.81. The molecule has 20 heavy (non-hydrogen) atoms. The van der Waals surface area contributed by atoms with E-state index in [-0.39, 0.29) is 0 Å². The minimum absolute atomic E-state index is 0.444. The van der Waals surface area contributed by atoms with Crippen LogP contribution in [0.3, 0.4) is 0 Å². The number of benzene rings is 2. The average Bonchev–Trinajstić information content (AvgIpc) is 2.45.